The number of amides is 1. The zero-order chi connectivity index (χ0) is 15.5. The number of ether oxygens (including phenoxy) is 1. The van der Waals surface area contributed by atoms with Gasteiger partial charge in [0.2, 0.25) is 5.91 Å². The first-order valence-electron chi connectivity index (χ1n) is 7.11. The van der Waals surface area contributed by atoms with Gasteiger partial charge in [0.1, 0.15) is 5.75 Å². The number of anilines is 1. The van der Waals surface area contributed by atoms with Crippen LogP contribution in [-0.4, -0.2) is 12.5 Å². The number of fused-ring (bicyclic) bond motifs is 1. The average molecular weight is 336 g/mol. The molecule has 0 saturated carbocycles. The molecule has 1 aliphatic heterocycles. The molecular formula is C17H15Cl2NO2. The Morgan fingerprint density at radius 3 is 2.86 bits per heavy atom. The number of hydrogen-bond acceptors (Lipinski definition) is 2. The van der Waals surface area contributed by atoms with Gasteiger partial charge >= 0.3 is 0 Å². The number of benzene rings is 2. The summed E-state index contributed by atoms with van der Waals surface area (Å²) in [4.78, 5) is 12.0. The molecule has 3 rings (SSSR count). The standard InChI is InChI=1S/C17H15Cl2NO2/c18-13-3-4-15(14(19)10-13)20-17(21)6-2-11-1-5-16-12(9-11)7-8-22-16/h1,3-5,9-10H,2,6-8H2,(H,20,21). The fraction of sp³-hybridized carbons (Fsp3) is 0.235. The van der Waals surface area contributed by atoms with Crippen LogP contribution in [0.2, 0.25) is 10.0 Å². The second-order valence-electron chi connectivity index (χ2n) is 5.21. The summed E-state index contributed by atoms with van der Waals surface area (Å²) in [5.74, 6) is 0.891. The van der Waals surface area contributed by atoms with E-state index in [1.165, 1.54) is 5.56 Å². The van der Waals surface area contributed by atoms with Gasteiger partial charge in [-0.2, -0.15) is 0 Å². The smallest absolute Gasteiger partial charge is 0.224 e. The Bertz CT molecular complexity index is 716. The molecule has 2 aromatic rings. The van der Waals surface area contributed by atoms with Gasteiger partial charge in [0, 0.05) is 17.9 Å². The lowest BCUT2D eigenvalue weighted by molar-refractivity contribution is -0.116. The van der Waals surface area contributed by atoms with Crippen molar-refractivity contribution in [2.24, 2.45) is 0 Å². The fourth-order valence-corrected chi connectivity index (χ4v) is 2.91. The van der Waals surface area contributed by atoms with Crippen molar-refractivity contribution < 1.29 is 9.53 Å². The van der Waals surface area contributed by atoms with Crippen LogP contribution in [0.1, 0.15) is 17.5 Å². The van der Waals surface area contributed by atoms with Gasteiger partial charge in [-0.3, -0.25) is 4.79 Å². The van der Waals surface area contributed by atoms with E-state index >= 15 is 0 Å². The number of carbonyl (C=O) groups is 1. The first-order chi connectivity index (χ1) is 10.6. The minimum atomic E-state index is -0.0685. The number of hydrogen-bond donors (Lipinski definition) is 1. The monoisotopic (exact) mass is 335 g/mol. The maximum atomic E-state index is 12.0. The van der Waals surface area contributed by atoms with Crippen molar-refractivity contribution in [2.75, 3.05) is 11.9 Å². The number of carbonyl (C=O) groups excluding carboxylic acids is 1. The molecule has 22 heavy (non-hydrogen) atoms. The Balaban J connectivity index is 1.58. The summed E-state index contributed by atoms with van der Waals surface area (Å²) in [7, 11) is 0. The molecule has 0 radical (unpaired) electrons. The number of nitrogens with one attached hydrogen (secondary N) is 1. The van der Waals surface area contributed by atoms with Crippen LogP contribution in [0.3, 0.4) is 0 Å². The van der Waals surface area contributed by atoms with Crippen molar-refractivity contribution >= 4 is 34.8 Å². The predicted molar refractivity (Wildman–Crippen MR) is 89.1 cm³/mol. The lowest BCUT2D eigenvalue weighted by Gasteiger charge is -2.08. The molecule has 0 aromatic heterocycles. The van der Waals surface area contributed by atoms with Gasteiger partial charge in [0.15, 0.2) is 0 Å². The Hall–Kier alpha value is -1.71. The Labute approximate surface area is 139 Å². The van der Waals surface area contributed by atoms with Gasteiger partial charge in [-0.15, -0.1) is 0 Å². The molecular weight excluding hydrogens is 321 g/mol. The number of rotatable bonds is 4. The third-order valence-corrected chi connectivity index (χ3v) is 4.15. The first-order valence-corrected chi connectivity index (χ1v) is 7.87. The van der Waals surface area contributed by atoms with Gasteiger partial charge in [-0.1, -0.05) is 35.3 Å². The van der Waals surface area contributed by atoms with Crippen LogP contribution >= 0.6 is 23.2 Å². The van der Waals surface area contributed by atoms with Crippen LogP contribution in [0.5, 0.6) is 5.75 Å². The maximum Gasteiger partial charge on any atom is 0.224 e. The molecule has 2 aromatic carbocycles. The van der Waals surface area contributed by atoms with Crippen LogP contribution in [0.4, 0.5) is 5.69 Å². The van der Waals surface area contributed by atoms with Crippen LogP contribution < -0.4 is 10.1 Å². The summed E-state index contributed by atoms with van der Waals surface area (Å²) in [6.07, 6.45) is 2.03. The molecule has 0 saturated heterocycles. The van der Waals surface area contributed by atoms with Crippen LogP contribution in [0.25, 0.3) is 0 Å². The van der Waals surface area contributed by atoms with E-state index in [-0.39, 0.29) is 5.91 Å². The van der Waals surface area contributed by atoms with Crippen molar-refractivity contribution in [2.45, 2.75) is 19.3 Å². The minimum absolute atomic E-state index is 0.0685. The molecule has 5 heteroatoms. The van der Waals surface area contributed by atoms with Gasteiger partial charge in [0.25, 0.3) is 0 Å². The molecule has 1 aliphatic rings. The molecule has 1 heterocycles. The fourth-order valence-electron chi connectivity index (χ4n) is 2.46. The summed E-state index contributed by atoms with van der Waals surface area (Å²) in [5, 5.41) is 3.79. The van der Waals surface area contributed by atoms with E-state index in [1.807, 2.05) is 12.1 Å². The predicted octanol–water partition coefficient (Wildman–Crippen LogP) is 4.50. The highest BCUT2D eigenvalue weighted by atomic mass is 35.5. The SMILES string of the molecule is O=C(CCc1ccc2c(c1)CCO2)Nc1ccc(Cl)cc1Cl. The summed E-state index contributed by atoms with van der Waals surface area (Å²) in [5.41, 5.74) is 2.94. The van der Waals surface area contributed by atoms with E-state index < -0.39 is 0 Å². The number of halogens is 2. The number of aryl methyl sites for hydroxylation is 1. The summed E-state index contributed by atoms with van der Waals surface area (Å²) >= 11 is 11.9. The Kier molecular flexibility index (Phi) is 4.55. The highest BCUT2D eigenvalue weighted by molar-refractivity contribution is 6.36. The summed E-state index contributed by atoms with van der Waals surface area (Å²) in [6, 6.07) is 11.1. The Morgan fingerprint density at radius 2 is 2.05 bits per heavy atom. The zero-order valence-corrected chi connectivity index (χ0v) is 13.4. The van der Waals surface area contributed by atoms with Crippen LogP contribution in [0.15, 0.2) is 36.4 Å². The summed E-state index contributed by atoms with van der Waals surface area (Å²) < 4.78 is 5.48. The second kappa shape index (κ2) is 6.59. The summed E-state index contributed by atoms with van der Waals surface area (Å²) in [6.45, 7) is 0.744. The third kappa shape index (κ3) is 3.54. The van der Waals surface area contributed by atoms with Gasteiger partial charge in [0.05, 0.1) is 17.3 Å². The van der Waals surface area contributed by atoms with Gasteiger partial charge in [-0.25, -0.2) is 0 Å². The lowest BCUT2D eigenvalue weighted by atomic mass is 10.0. The highest BCUT2D eigenvalue weighted by Gasteiger charge is 2.13. The van der Waals surface area contributed by atoms with Crippen LogP contribution in [0, 0.1) is 0 Å². The Morgan fingerprint density at radius 1 is 1.18 bits per heavy atom. The topological polar surface area (TPSA) is 38.3 Å². The molecule has 0 bridgehead atoms. The largest absolute Gasteiger partial charge is 0.493 e. The molecule has 0 fully saturated rings. The quantitative estimate of drug-likeness (QED) is 0.893. The van der Waals surface area contributed by atoms with E-state index in [4.69, 9.17) is 27.9 Å². The van der Waals surface area contributed by atoms with Crippen molar-refractivity contribution in [3.8, 4) is 5.75 Å². The minimum Gasteiger partial charge on any atom is -0.493 e. The van der Waals surface area contributed by atoms with Crippen LogP contribution in [-0.2, 0) is 17.6 Å². The zero-order valence-electron chi connectivity index (χ0n) is 11.9. The van der Waals surface area contributed by atoms with Gasteiger partial charge in [-0.05, 0) is 41.8 Å². The second-order valence-corrected chi connectivity index (χ2v) is 6.06. The molecule has 0 aliphatic carbocycles. The van der Waals surface area contributed by atoms with E-state index in [0.29, 0.717) is 28.6 Å². The third-order valence-electron chi connectivity index (χ3n) is 3.60. The van der Waals surface area contributed by atoms with E-state index in [2.05, 4.69) is 11.4 Å². The molecule has 1 N–H and O–H groups in total. The molecule has 0 spiro atoms. The normalized spacial score (nSPS) is 12.6. The highest BCUT2D eigenvalue weighted by Crippen LogP contribution is 2.27. The van der Waals surface area contributed by atoms with Crippen molar-refractivity contribution in [1.82, 2.24) is 0 Å². The molecule has 3 nitrogen and oxygen atoms in total. The molecule has 1 amide bonds. The van der Waals surface area contributed by atoms with Crippen molar-refractivity contribution in [3.05, 3.63) is 57.6 Å². The van der Waals surface area contributed by atoms with Crippen molar-refractivity contribution in [1.29, 1.82) is 0 Å². The van der Waals surface area contributed by atoms with Gasteiger partial charge < -0.3 is 10.1 Å². The van der Waals surface area contributed by atoms with E-state index in [1.54, 1.807) is 18.2 Å². The molecule has 0 unspecified atom stereocenters. The lowest BCUT2D eigenvalue weighted by Crippen LogP contribution is -2.12. The van der Waals surface area contributed by atoms with Crippen molar-refractivity contribution in [3.63, 3.8) is 0 Å². The maximum absolute atomic E-state index is 12.0. The van der Waals surface area contributed by atoms with E-state index in [0.717, 1.165) is 24.3 Å². The first kappa shape index (κ1) is 15.2. The molecule has 114 valence electrons. The molecule has 0 atom stereocenters. The van der Waals surface area contributed by atoms with E-state index in [9.17, 15) is 4.79 Å². The average Bonchev–Trinajstić information content (AvgIpc) is 2.95.